The maximum Gasteiger partial charge on any atom is 0.318 e. The topological polar surface area (TPSA) is 74.3 Å². The van der Waals surface area contributed by atoms with E-state index in [1.54, 1.807) is 7.11 Å². The second-order valence-corrected chi connectivity index (χ2v) is 10.9. The number of nitrogens with zero attached hydrogens (tertiary/aromatic N) is 6. The van der Waals surface area contributed by atoms with Crippen molar-refractivity contribution in [3.8, 4) is 11.8 Å². The molecule has 0 bridgehead atoms. The van der Waals surface area contributed by atoms with Gasteiger partial charge in [0, 0.05) is 61.5 Å². The number of fused-ring (bicyclic) bond motifs is 2. The Labute approximate surface area is 236 Å². The smallest absolute Gasteiger partial charge is 0.318 e. The molecule has 0 aliphatic carbocycles. The van der Waals surface area contributed by atoms with Gasteiger partial charge in [0.05, 0.1) is 19.3 Å². The summed E-state index contributed by atoms with van der Waals surface area (Å²) in [5.74, 6) is 1.77. The van der Waals surface area contributed by atoms with E-state index in [1.807, 2.05) is 4.90 Å². The maximum absolute atomic E-state index is 12.2. The maximum atomic E-state index is 12.2. The van der Waals surface area contributed by atoms with Crippen LogP contribution in [0.2, 0.25) is 0 Å². The highest BCUT2D eigenvalue weighted by Crippen LogP contribution is 2.36. The van der Waals surface area contributed by atoms with Gasteiger partial charge in [-0.3, -0.25) is 4.79 Å². The molecule has 2 fully saturated rings. The number of piperazine rings is 1. The van der Waals surface area contributed by atoms with Crippen LogP contribution in [0, 0.1) is 0 Å². The molecule has 0 spiro atoms. The number of hydrogen-bond acceptors (Lipinski definition) is 8. The van der Waals surface area contributed by atoms with Crippen molar-refractivity contribution in [3.05, 3.63) is 60.3 Å². The molecule has 4 heterocycles. The molecule has 2 saturated heterocycles. The van der Waals surface area contributed by atoms with Crippen LogP contribution in [0.4, 0.5) is 11.5 Å². The first-order chi connectivity index (χ1) is 19.5. The lowest BCUT2D eigenvalue weighted by molar-refractivity contribution is -0.126. The zero-order chi connectivity index (χ0) is 27.6. The standard InChI is InChI=1S/C31H38N6O3/c1-4-29(38)35-14-16-36(17-15-35)30-26-11-13-37(28-19-24(39-3)18-22-8-5-6-10-25(22)28)20-27(26)32-31(33-30)40-21-23-9-7-12-34(23)2/h4-6,8,10,18-19,23H,1,7,9,11-17,20-21H2,2-3H3/t23-/m0/s1. The summed E-state index contributed by atoms with van der Waals surface area (Å²) in [7, 11) is 3.87. The number of carbonyl (C=O) groups excluding carboxylic acids is 1. The van der Waals surface area contributed by atoms with Gasteiger partial charge in [0.1, 0.15) is 18.2 Å². The quantitative estimate of drug-likeness (QED) is 0.420. The molecule has 40 heavy (non-hydrogen) atoms. The molecule has 1 amide bonds. The number of aromatic nitrogens is 2. The second-order valence-electron chi connectivity index (χ2n) is 10.9. The van der Waals surface area contributed by atoms with Crippen LogP contribution in [0.15, 0.2) is 49.1 Å². The monoisotopic (exact) mass is 542 g/mol. The molecule has 210 valence electrons. The van der Waals surface area contributed by atoms with E-state index in [0.717, 1.165) is 67.4 Å². The molecular weight excluding hydrogens is 504 g/mol. The van der Waals surface area contributed by atoms with Crippen LogP contribution in [-0.4, -0.2) is 91.7 Å². The first-order valence-electron chi connectivity index (χ1n) is 14.2. The van der Waals surface area contributed by atoms with Crippen molar-refractivity contribution >= 4 is 28.2 Å². The van der Waals surface area contributed by atoms with Gasteiger partial charge in [-0.1, -0.05) is 30.8 Å². The van der Waals surface area contributed by atoms with Gasteiger partial charge in [-0.05, 0) is 50.4 Å². The number of hydrogen-bond donors (Lipinski definition) is 0. The summed E-state index contributed by atoms with van der Waals surface area (Å²) in [6.45, 7) is 9.58. The van der Waals surface area contributed by atoms with E-state index < -0.39 is 0 Å². The van der Waals surface area contributed by atoms with Crippen LogP contribution in [0.1, 0.15) is 24.1 Å². The van der Waals surface area contributed by atoms with E-state index in [1.165, 1.54) is 23.4 Å². The van der Waals surface area contributed by atoms with E-state index in [4.69, 9.17) is 19.4 Å². The summed E-state index contributed by atoms with van der Waals surface area (Å²) in [4.78, 5) is 31.0. The van der Waals surface area contributed by atoms with Crippen LogP contribution in [0.3, 0.4) is 0 Å². The number of methoxy groups -OCH3 is 1. The Bertz CT molecular complexity index is 1400. The van der Waals surface area contributed by atoms with E-state index in [0.29, 0.717) is 38.3 Å². The molecule has 2 aromatic carbocycles. The number of benzene rings is 2. The van der Waals surface area contributed by atoms with Crippen LogP contribution in [0.5, 0.6) is 11.8 Å². The lowest BCUT2D eigenvalue weighted by atomic mass is 10.0. The molecule has 0 N–H and O–H groups in total. The molecular formula is C31H38N6O3. The minimum atomic E-state index is -0.0183. The van der Waals surface area contributed by atoms with E-state index in [-0.39, 0.29) is 5.91 Å². The Morgan fingerprint density at radius 1 is 1.07 bits per heavy atom. The van der Waals surface area contributed by atoms with Crippen LogP contribution in [0.25, 0.3) is 10.8 Å². The third kappa shape index (κ3) is 5.18. The normalized spacial score (nSPS) is 19.6. The second kappa shape index (κ2) is 11.3. The number of rotatable bonds is 7. The fourth-order valence-electron chi connectivity index (χ4n) is 6.19. The van der Waals surface area contributed by atoms with Gasteiger partial charge in [-0.15, -0.1) is 0 Å². The van der Waals surface area contributed by atoms with Gasteiger partial charge in [-0.2, -0.15) is 9.97 Å². The summed E-state index contributed by atoms with van der Waals surface area (Å²) >= 11 is 0. The van der Waals surface area contributed by atoms with E-state index >= 15 is 0 Å². The van der Waals surface area contributed by atoms with Gasteiger partial charge < -0.3 is 29.1 Å². The van der Waals surface area contributed by atoms with E-state index in [2.05, 4.69) is 64.7 Å². The van der Waals surface area contributed by atoms with Crippen LogP contribution in [-0.2, 0) is 17.8 Å². The highest BCUT2D eigenvalue weighted by molar-refractivity contribution is 5.96. The van der Waals surface area contributed by atoms with Crippen LogP contribution < -0.4 is 19.3 Å². The molecule has 0 radical (unpaired) electrons. The SMILES string of the molecule is C=CC(=O)N1CCN(c2nc(OC[C@@H]3CCCN3C)nc3c2CCN(c2cc(OC)cc4ccccc24)C3)CC1. The lowest BCUT2D eigenvalue weighted by Crippen LogP contribution is -2.49. The van der Waals surface area contributed by atoms with Gasteiger partial charge >= 0.3 is 6.01 Å². The Kier molecular flexibility index (Phi) is 7.47. The molecule has 1 atom stereocenters. The Hall–Kier alpha value is -3.85. The average molecular weight is 543 g/mol. The summed E-state index contributed by atoms with van der Waals surface area (Å²) in [6.07, 6.45) is 4.54. The molecule has 3 aliphatic heterocycles. The van der Waals surface area contributed by atoms with Crippen molar-refractivity contribution in [2.45, 2.75) is 31.8 Å². The Morgan fingerprint density at radius 3 is 2.65 bits per heavy atom. The van der Waals surface area contributed by atoms with Crippen molar-refractivity contribution in [1.82, 2.24) is 19.8 Å². The summed E-state index contributed by atoms with van der Waals surface area (Å²) in [6, 6.07) is 13.5. The van der Waals surface area contributed by atoms with Gasteiger partial charge in [0.15, 0.2) is 0 Å². The predicted molar refractivity (Wildman–Crippen MR) is 157 cm³/mol. The van der Waals surface area contributed by atoms with Crippen LogP contribution >= 0.6 is 0 Å². The molecule has 0 saturated carbocycles. The van der Waals surface area contributed by atoms with Gasteiger partial charge in [0.25, 0.3) is 0 Å². The minimum absolute atomic E-state index is 0.0183. The summed E-state index contributed by atoms with van der Waals surface area (Å²) < 4.78 is 11.9. The highest BCUT2D eigenvalue weighted by atomic mass is 16.5. The van der Waals surface area contributed by atoms with E-state index in [9.17, 15) is 4.79 Å². The third-order valence-corrected chi connectivity index (χ3v) is 8.55. The molecule has 0 unspecified atom stereocenters. The summed E-state index contributed by atoms with van der Waals surface area (Å²) in [5, 5.41) is 2.35. The first-order valence-corrected chi connectivity index (χ1v) is 14.2. The molecule has 3 aromatic rings. The Balaban J connectivity index is 1.32. The Morgan fingerprint density at radius 2 is 1.90 bits per heavy atom. The number of ether oxygens (including phenoxy) is 2. The molecule has 6 rings (SSSR count). The fraction of sp³-hybridized carbons (Fsp3) is 0.452. The number of anilines is 2. The zero-order valence-electron chi connectivity index (χ0n) is 23.5. The van der Waals surface area contributed by atoms with Gasteiger partial charge in [-0.25, -0.2) is 0 Å². The average Bonchev–Trinajstić information content (AvgIpc) is 3.42. The first kappa shape index (κ1) is 26.4. The number of amides is 1. The summed E-state index contributed by atoms with van der Waals surface area (Å²) in [5.41, 5.74) is 3.33. The number of carbonyl (C=O) groups is 1. The molecule has 1 aromatic heterocycles. The van der Waals surface area contributed by atoms with Crippen molar-refractivity contribution in [2.24, 2.45) is 0 Å². The highest BCUT2D eigenvalue weighted by Gasteiger charge is 2.30. The molecule has 9 nitrogen and oxygen atoms in total. The fourth-order valence-corrected chi connectivity index (χ4v) is 6.19. The zero-order valence-corrected chi connectivity index (χ0v) is 23.5. The lowest BCUT2D eigenvalue weighted by Gasteiger charge is -2.38. The molecule has 3 aliphatic rings. The van der Waals surface area contributed by atoms with Crippen molar-refractivity contribution in [2.75, 3.05) is 69.8 Å². The van der Waals surface area contributed by atoms with Crippen molar-refractivity contribution in [3.63, 3.8) is 0 Å². The van der Waals surface area contributed by atoms with Gasteiger partial charge in [0.2, 0.25) is 5.91 Å². The van der Waals surface area contributed by atoms with Crippen molar-refractivity contribution in [1.29, 1.82) is 0 Å². The number of likely N-dealkylation sites (tertiary alicyclic amines) is 1. The third-order valence-electron chi connectivity index (χ3n) is 8.55. The number of likely N-dealkylation sites (N-methyl/N-ethyl adjacent to an activating group) is 1. The minimum Gasteiger partial charge on any atom is -0.497 e. The predicted octanol–water partition coefficient (Wildman–Crippen LogP) is 3.51. The van der Waals surface area contributed by atoms with Crippen molar-refractivity contribution < 1.29 is 14.3 Å². The largest absolute Gasteiger partial charge is 0.497 e. The molecule has 9 heteroatoms.